The average Bonchev–Trinajstić information content (AvgIpc) is 3.38. The third-order valence-corrected chi connectivity index (χ3v) is 5.33. The van der Waals surface area contributed by atoms with Gasteiger partial charge in [0.05, 0.1) is 35.7 Å². The first-order valence-corrected chi connectivity index (χ1v) is 11.0. The molecule has 1 aromatic heterocycles. The van der Waals surface area contributed by atoms with Crippen LogP contribution in [0.3, 0.4) is 0 Å². The van der Waals surface area contributed by atoms with Gasteiger partial charge in [-0.2, -0.15) is 5.26 Å². The van der Waals surface area contributed by atoms with Crippen LogP contribution >= 0.6 is 0 Å². The zero-order valence-electron chi connectivity index (χ0n) is 18.9. The minimum Gasteiger partial charge on any atom is -0.486 e. The number of aromatic nitrogens is 1. The van der Waals surface area contributed by atoms with Gasteiger partial charge in [0.1, 0.15) is 17.9 Å². The average molecular weight is 469 g/mol. The Labute approximate surface area is 202 Å². The van der Waals surface area contributed by atoms with Gasteiger partial charge in [-0.05, 0) is 24.3 Å². The second-order valence-electron chi connectivity index (χ2n) is 7.78. The number of rotatable bonds is 8. The van der Waals surface area contributed by atoms with Gasteiger partial charge in [-0.1, -0.05) is 18.1 Å². The molecule has 1 unspecified atom stereocenters. The summed E-state index contributed by atoms with van der Waals surface area (Å²) < 4.78 is 11.6. The number of pyridine rings is 1. The third kappa shape index (κ3) is 5.75. The fourth-order valence-electron chi connectivity index (χ4n) is 3.66. The summed E-state index contributed by atoms with van der Waals surface area (Å²) in [7, 11) is 0. The quantitative estimate of drug-likeness (QED) is 0.172. The molecule has 1 atom stereocenters. The van der Waals surface area contributed by atoms with Crippen LogP contribution in [0.2, 0.25) is 0 Å². The van der Waals surface area contributed by atoms with E-state index in [4.69, 9.17) is 21.7 Å². The highest BCUT2D eigenvalue weighted by atomic mass is 16.5. The molecule has 1 aliphatic rings. The van der Waals surface area contributed by atoms with Crippen molar-refractivity contribution in [2.75, 3.05) is 30.4 Å². The molecule has 0 aliphatic carbocycles. The van der Waals surface area contributed by atoms with Crippen molar-refractivity contribution in [2.45, 2.75) is 12.5 Å². The second kappa shape index (κ2) is 11.1. The summed E-state index contributed by atoms with van der Waals surface area (Å²) in [4.78, 5) is 17.0. The van der Waals surface area contributed by atoms with Crippen LogP contribution in [0, 0.1) is 23.7 Å². The first-order valence-electron chi connectivity index (χ1n) is 11.0. The molecule has 9 heteroatoms. The van der Waals surface area contributed by atoms with E-state index in [0.717, 1.165) is 12.1 Å². The number of nitrogens with one attached hydrogen (secondary N) is 3. The molecule has 5 N–H and O–H groups in total. The van der Waals surface area contributed by atoms with Crippen molar-refractivity contribution in [1.29, 1.82) is 5.26 Å². The fourth-order valence-corrected chi connectivity index (χ4v) is 3.66. The van der Waals surface area contributed by atoms with Crippen molar-refractivity contribution in [1.82, 2.24) is 10.4 Å². The van der Waals surface area contributed by atoms with Crippen molar-refractivity contribution in [2.24, 2.45) is 5.84 Å². The molecule has 9 nitrogen and oxygen atoms in total. The van der Waals surface area contributed by atoms with Crippen LogP contribution in [0.25, 0.3) is 10.9 Å². The third-order valence-electron chi connectivity index (χ3n) is 5.33. The summed E-state index contributed by atoms with van der Waals surface area (Å²) in [5, 5.41) is 16.5. The van der Waals surface area contributed by atoms with Crippen LogP contribution < -0.4 is 26.6 Å². The predicted octanol–water partition coefficient (Wildman–Crippen LogP) is 2.96. The van der Waals surface area contributed by atoms with Crippen molar-refractivity contribution >= 4 is 33.9 Å². The predicted molar refractivity (Wildman–Crippen MR) is 134 cm³/mol. The Balaban J connectivity index is 1.79. The van der Waals surface area contributed by atoms with Gasteiger partial charge >= 0.3 is 0 Å². The highest BCUT2D eigenvalue weighted by Crippen LogP contribution is 2.37. The monoisotopic (exact) mass is 468 g/mol. The topological polar surface area (TPSA) is 134 Å². The van der Waals surface area contributed by atoms with Crippen molar-refractivity contribution in [3.05, 3.63) is 65.9 Å². The van der Waals surface area contributed by atoms with Gasteiger partial charge in [0.15, 0.2) is 0 Å². The Hall–Kier alpha value is -4.41. The normalized spacial score (nSPS) is 15.0. The molecule has 0 radical (unpaired) electrons. The Morgan fingerprint density at radius 2 is 2.26 bits per heavy atom. The summed E-state index contributed by atoms with van der Waals surface area (Å²) in [6, 6.07) is 13.0. The van der Waals surface area contributed by atoms with Gasteiger partial charge in [-0.25, -0.2) is 0 Å². The van der Waals surface area contributed by atoms with Gasteiger partial charge in [-0.3, -0.25) is 21.0 Å². The number of hydrazine groups is 1. The summed E-state index contributed by atoms with van der Waals surface area (Å²) in [5.74, 6) is 7.96. The molecule has 1 saturated heterocycles. The van der Waals surface area contributed by atoms with Gasteiger partial charge in [0.2, 0.25) is 5.91 Å². The largest absolute Gasteiger partial charge is 0.486 e. The van der Waals surface area contributed by atoms with E-state index in [1.807, 2.05) is 24.3 Å². The standard InChI is InChI=1S/C26H24N6O3/c1-2-17-5-3-6-19(11-17)31-26-18(14-27)15-29-22-13-24(35-20-8-10-34-16-20)23(12-21(22)26)32-25(33)7-4-9-30-28/h1,3-7,11-13,15,20,30H,8-10,16,28H2,(H,29,31)(H,32,33)/b7-4-. The number of ether oxygens (including phenoxy) is 2. The van der Waals surface area contributed by atoms with E-state index >= 15 is 0 Å². The molecule has 0 saturated carbocycles. The van der Waals surface area contributed by atoms with Gasteiger partial charge in [0, 0.05) is 47.9 Å². The summed E-state index contributed by atoms with van der Waals surface area (Å²) in [6.45, 7) is 1.42. The number of terminal acetylenes is 1. The number of carbonyl (C=O) groups is 1. The lowest BCUT2D eigenvalue weighted by atomic mass is 10.1. The molecular formula is C26H24N6O3. The Morgan fingerprint density at radius 3 is 3.00 bits per heavy atom. The Bertz CT molecular complexity index is 1350. The molecule has 4 rings (SSSR count). The summed E-state index contributed by atoms with van der Waals surface area (Å²) in [6.07, 6.45) is 10.6. The zero-order valence-corrected chi connectivity index (χ0v) is 18.9. The maximum Gasteiger partial charge on any atom is 0.248 e. The van der Waals surface area contributed by atoms with Crippen LogP contribution in [0.1, 0.15) is 17.5 Å². The Kier molecular flexibility index (Phi) is 7.56. The van der Waals surface area contributed by atoms with Gasteiger partial charge in [0.25, 0.3) is 0 Å². The van der Waals surface area contributed by atoms with E-state index < -0.39 is 0 Å². The van der Waals surface area contributed by atoms with Crippen LogP contribution in [0.4, 0.5) is 17.1 Å². The van der Waals surface area contributed by atoms with E-state index in [0.29, 0.717) is 58.9 Å². The van der Waals surface area contributed by atoms with Crippen molar-refractivity contribution in [3.8, 4) is 24.2 Å². The highest BCUT2D eigenvalue weighted by Gasteiger charge is 2.21. The first-order chi connectivity index (χ1) is 17.1. The van der Waals surface area contributed by atoms with Crippen LogP contribution in [0.15, 0.2) is 54.7 Å². The number of carbonyl (C=O) groups excluding carboxylic acids is 1. The molecule has 2 heterocycles. The maximum absolute atomic E-state index is 12.5. The molecule has 0 spiro atoms. The van der Waals surface area contributed by atoms with E-state index in [-0.39, 0.29) is 12.0 Å². The molecule has 1 fully saturated rings. The fraction of sp³-hybridized carbons (Fsp3) is 0.192. The smallest absolute Gasteiger partial charge is 0.248 e. The van der Waals surface area contributed by atoms with E-state index in [2.05, 4.69) is 33.0 Å². The molecule has 176 valence electrons. The number of nitrogens with two attached hydrogens (primary N) is 1. The number of anilines is 3. The molecule has 35 heavy (non-hydrogen) atoms. The maximum atomic E-state index is 12.5. The summed E-state index contributed by atoms with van der Waals surface area (Å²) in [5.41, 5.74) is 5.79. The van der Waals surface area contributed by atoms with Crippen LogP contribution in [0.5, 0.6) is 5.75 Å². The highest BCUT2D eigenvalue weighted by molar-refractivity contribution is 6.04. The minimum atomic E-state index is -0.354. The second-order valence-corrected chi connectivity index (χ2v) is 7.78. The molecule has 1 amide bonds. The SMILES string of the molecule is C#Cc1cccc(Nc2c(C#N)cnc3cc(OC4CCOC4)c(NC(=O)/C=C\CNN)cc23)c1. The first kappa shape index (κ1) is 23.7. The van der Waals surface area contributed by atoms with E-state index in [1.54, 1.807) is 18.2 Å². The van der Waals surface area contributed by atoms with Crippen LogP contribution in [-0.4, -0.2) is 36.8 Å². The van der Waals surface area contributed by atoms with Crippen molar-refractivity contribution < 1.29 is 14.3 Å². The molecular weight excluding hydrogens is 444 g/mol. The summed E-state index contributed by atoms with van der Waals surface area (Å²) >= 11 is 0. The number of benzene rings is 2. The van der Waals surface area contributed by atoms with Crippen LogP contribution in [-0.2, 0) is 9.53 Å². The molecule has 1 aliphatic heterocycles. The minimum absolute atomic E-state index is 0.137. The number of nitrogens with zero attached hydrogens (tertiary/aromatic N) is 2. The molecule has 3 aromatic rings. The number of hydrogen-bond donors (Lipinski definition) is 4. The van der Waals surface area contributed by atoms with E-state index in [1.165, 1.54) is 12.3 Å². The number of fused-ring (bicyclic) bond motifs is 1. The van der Waals surface area contributed by atoms with Gasteiger partial charge in [-0.15, -0.1) is 6.42 Å². The number of amides is 1. The lowest BCUT2D eigenvalue weighted by Crippen LogP contribution is -2.22. The van der Waals surface area contributed by atoms with Crippen molar-refractivity contribution in [3.63, 3.8) is 0 Å². The number of hydrogen-bond acceptors (Lipinski definition) is 8. The lowest BCUT2D eigenvalue weighted by Gasteiger charge is -2.18. The van der Waals surface area contributed by atoms with Gasteiger partial charge < -0.3 is 20.1 Å². The van der Waals surface area contributed by atoms with E-state index in [9.17, 15) is 10.1 Å². The number of nitriles is 1. The lowest BCUT2D eigenvalue weighted by molar-refractivity contribution is -0.111. The molecule has 2 aromatic carbocycles. The zero-order chi connectivity index (χ0) is 24.6. The Morgan fingerprint density at radius 1 is 1.37 bits per heavy atom. The molecule has 0 bridgehead atoms.